The molecule has 0 aliphatic carbocycles. The van der Waals surface area contributed by atoms with Gasteiger partial charge in [0, 0.05) is 22.6 Å². The zero-order valence-corrected chi connectivity index (χ0v) is 13.6. The lowest BCUT2D eigenvalue weighted by Gasteiger charge is -2.06. The summed E-state index contributed by atoms with van der Waals surface area (Å²) in [6.45, 7) is 6.44. The van der Waals surface area contributed by atoms with Crippen molar-refractivity contribution < 1.29 is 13.2 Å². The molecule has 0 atom stereocenters. The van der Waals surface area contributed by atoms with Crippen LogP contribution in [0.5, 0.6) is 0 Å². The van der Waals surface area contributed by atoms with Crippen LogP contribution in [-0.4, -0.2) is 20.9 Å². The highest BCUT2D eigenvalue weighted by Crippen LogP contribution is 2.29. The van der Waals surface area contributed by atoms with Gasteiger partial charge in [-0.3, -0.25) is 4.79 Å². The third-order valence-electron chi connectivity index (χ3n) is 2.70. The Balaban J connectivity index is 2.66. The zero-order valence-electron chi connectivity index (χ0n) is 11.2. The van der Waals surface area contributed by atoms with Crippen LogP contribution in [-0.2, 0) is 9.05 Å². The summed E-state index contributed by atoms with van der Waals surface area (Å²) in [5.41, 5.74) is 0.801. The lowest BCUT2D eigenvalue weighted by molar-refractivity contribution is 0.0952. The highest BCUT2D eigenvalue weighted by molar-refractivity contribution is 8.15. The molecule has 1 amide bonds. The van der Waals surface area contributed by atoms with Crippen molar-refractivity contribution in [3.05, 3.63) is 16.5 Å². The van der Waals surface area contributed by atoms with Crippen molar-refractivity contribution in [3.63, 3.8) is 0 Å². The second-order valence-corrected chi connectivity index (χ2v) is 8.43. The zero-order chi connectivity index (χ0) is 14.6. The molecule has 0 unspecified atom stereocenters. The molecule has 0 aliphatic rings. The normalized spacial score (nSPS) is 11.8. The SMILES string of the molecule is Cc1c(C(=O)NCCCC(C)C)csc1S(=O)(=O)Cl. The molecule has 1 aromatic heterocycles. The van der Waals surface area contributed by atoms with Gasteiger partial charge in [0.25, 0.3) is 15.0 Å². The monoisotopic (exact) mass is 323 g/mol. The van der Waals surface area contributed by atoms with Gasteiger partial charge in [0.15, 0.2) is 0 Å². The predicted octanol–water partition coefficient (Wildman–Crippen LogP) is 3.15. The van der Waals surface area contributed by atoms with Crippen molar-refractivity contribution >= 4 is 37.0 Å². The molecule has 4 nitrogen and oxygen atoms in total. The van der Waals surface area contributed by atoms with Gasteiger partial charge in [0.1, 0.15) is 4.21 Å². The molecule has 0 saturated carbocycles. The van der Waals surface area contributed by atoms with E-state index in [1.165, 1.54) is 5.38 Å². The predicted molar refractivity (Wildman–Crippen MR) is 78.5 cm³/mol. The average molecular weight is 324 g/mol. The van der Waals surface area contributed by atoms with Crippen LogP contribution in [0.15, 0.2) is 9.59 Å². The first kappa shape index (κ1) is 16.5. The molecule has 1 N–H and O–H groups in total. The summed E-state index contributed by atoms with van der Waals surface area (Å²) in [7, 11) is 1.52. The Kier molecular flexibility index (Phi) is 5.82. The van der Waals surface area contributed by atoms with Crippen molar-refractivity contribution in [3.8, 4) is 0 Å². The molecule has 19 heavy (non-hydrogen) atoms. The third-order valence-corrected chi connectivity index (χ3v) is 6.01. The molecule has 0 radical (unpaired) electrons. The fraction of sp³-hybridized carbons (Fsp3) is 0.583. The number of carbonyl (C=O) groups is 1. The molecule has 108 valence electrons. The van der Waals surface area contributed by atoms with E-state index in [0.29, 0.717) is 23.6 Å². The Morgan fingerprint density at radius 2 is 2.11 bits per heavy atom. The maximum atomic E-state index is 11.9. The van der Waals surface area contributed by atoms with Gasteiger partial charge in [-0.2, -0.15) is 0 Å². The van der Waals surface area contributed by atoms with Crippen LogP contribution in [0.25, 0.3) is 0 Å². The molecule has 1 aromatic rings. The minimum absolute atomic E-state index is 0.0431. The smallest absolute Gasteiger partial charge is 0.271 e. The Labute approximate surface area is 122 Å². The van der Waals surface area contributed by atoms with Gasteiger partial charge in [-0.25, -0.2) is 8.42 Å². The standard InChI is InChI=1S/C12H18ClNO3S2/c1-8(2)5-4-6-14-11(15)10-7-18-12(9(10)3)19(13,16)17/h7-8H,4-6H2,1-3H3,(H,14,15). The molecular formula is C12H18ClNO3S2. The molecule has 1 rings (SSSR count). The molecule has 0 spiro atoms. The van der Waals surface area contributed by atoms with E-state index in [2.05, 4.69) is 19.2 Å². The van der Waals surface area contributed by atoms with Crippen LogP contribution in [0.1, 0.15) is 42.6 Å². The number of amides is 1. The maximum absolute atomic E-state index is 11.9. The van der Waals surface area contributed by atoms with Gasteiger partial charge in [0.2, 0.25) is 0 Å². The van der Waals surface area contributed by atoms with Gasteiger partial charge in [-0.1, -0.05) is 13.8 Å². The highest BCUT2D eigenvalue weighted by Gasteiger charge is 2.21. The fourth-order valence-electron chi connectivity index (χ4n) is 1.67. The summed E-state index contributed by atoms with van der Waals surface area (Å²) in [4.78, 5) is 11.9. The van der Waals surface area contributed by atoms with Gasteiger partial charge < -0.3 is 5.32 Å². The van der Waals surface area contributed by atoms with Crippen LogP contribution >= 0.6 is 22.0 Å². The quantitative estimate of drug-likeness (QED) is 0.646. The number of hydrogen-bond donors (Lipinski definition) is 1. The number of thiophene rings is 1. The number of halogens is 1. The molecular weight excluding hydrogens is 306 g/mol. The molecule has 1 heterocycles. The number of carbonyl (C=O) groups excluding carboxylic acids is 1. The topological polar surface area (TPSA) is 63.2 Å². The Hall–Kier alpha value is -0.590. The van der Waals surface area contributed by atoms with E-state index in [-0.39, 0.29) is 10.1 Å². The number of rotatable bonds is 6. The summed E-state index contributed by atoms with van der Waals surface area (Å²) < 4.78 is 22.6. The Bertz CT molecular complexity index is 549. The van der Waals surface area contributed by atoms with E-state index < -0.39 is 9.05 Å². The van der Waals surface area contributed by atoms with E-state index in [9.17, 15) is 13.2 Å². The van der Waals surface area contributed by atoms with Crippen LogP contribution in [0.2, 0.25) is 0 Å². The largest absolute Gasteiger partial charge is 0.352 e. The molecule has 0 aromatic carbocycles. The first-order valence-corrected chi connectivity index (χ1v) is 9.23. The Morgan fingerprint density at radius 3 is 2.58 bits per heavy atom. The van der Waals surface area contributed by atoms with Gasteiger partial charge >= 0.3 is 0 Å². The lowest BCUT2D eigenvalue weighted by Crippen LogP contribution is -2.24. The van der Waals surface area contributed by atoms with Gasteiger partial charge in [0.05, 0.1) is 5.56 Å². The van der Waals surface area contributed by atoms with Crippen molar-refractivity contribution in [2.24, 2.45) is 5.92 Å². The molecule has 0 saturated heterocycles. The highest BCUT2D eigenvalue weighted by atomic mass is 35.7. The lowest BCUT2D eigenvalue weighted by atomic mass is 10.1. The van der Waals surface area contributed by atoms with Crippen LogP contribution in [0.4, 0.5) is 0 Å². The average Bonchev–Trinajstić information content (AvgIpc) is 2.65. The molecule has 0 aliphatic heterocycles. The molecule has 0 bridgehead atoms. The minimum atomic E-state index is -3.77. The summed E-state index contributed by atoms with van der Waals surface area (Å²) in [6, 6.07) is 0. The van der Waals surface area contributed by atoms with Crippen LogP contribution in [0.3, 0.4) is 0 Å². The van der Waals surface area contributed by atoms with Crippen molar-refractivity contribution in [2.75, 3.05) is 6.54 Å². The van der Waals surface area contributed by atoms with Gasteiger partial charge in [-0.15, -0.1) is 11.3 Å². The number of hydrogen-bond acceptors (Lipinski definition) is 4. The van der Waals surface area contributed by atoms with Crippen LogP contribution < -0.4 is 5.32 Å². The van der Waals surface area contributed by atoms with E-state index in [1.54, 1.807) is 6.92 Å². The van der Waals surface area contributed by atoms with Crippen molar-refractivity contribution in [1.29, 1.82) is 0 Å². The van der Waals surface area contributed by atoms with Gasteiger partial charge in [-0.05, 0) is 31.2 Å². The van der Waals surface area contributed by atoms with Crippen LogP contribution in [0, 0.1) is 12.8 Å². The fourth-order valence-corrected chi connectivity index (χ4v) is 4.22. The second kappa shape index (κ2) is 6.72. The maximum Gasteiger partial charge on any atom is 0.271 e. The second-order valence-electron chi connectivity index (χ2n) is 4.79. The first-order chi connectivity index (χ1) is 8.73. The van der Waals surface area contributed by atoms with Crippen molar-refractivity contribution in [2.45, 2.75) is 37.8 Å². The Morgan fingerprint density at radius 1 is 1.47 bits per heavy atom. The summed E-state index contributed by atoms with van der Waals surface area (Å²) in [5.74, 6) is 0.358. The van der Waals surface area contributed by atoms with E-state index in [0.717, 1.165) is 24.2 Å². The first-order valence-electron chi connectivity index (χ1n) is 6.04. The van der Waals surface area contributed by atoms with E-state index in [1.807, 2.05) is 0 Å². The summed E-state index contributed by atoms with van der Waals surface area (Å²) >= 11 is 0.975. The van der Waals surface area contributed by atoms with E-state index in [4.69, 9.17) is 10.7 Å². The summed E-state index contributed by atoms with van der Waals surface area (Å²) in [6.07, 6.45) is 1.96. The van der Waals surface area contributed by atoms with E-state index >= 15 is 0 Å². The minimum Gasteiger partial charge on any atom is -0.352 e. The third kappa shape index (κ3) is 4.78. The molecule has 7 heteroatoms. The summed E-state index contributed by atoms with van der Waals surface area (Å²) in [5, 5.41) is 4.32. The molecule has 0 fully saturated rings. The van der Waals surface area contributed by atoms with Crippen molar-refractivity contribution in [1.82, 2.24) is 5.32 Å². The number of nitrogens with one attached hydrogen (secondary N) is 1.